The van der Waals surface area contributed by atoms with Gasteiger partial charge in [0, 0.05) is 11.5 Å². The Kier molecular flexibility index (Phi) is 3.82. The first kappa shape index (κ1) is 13.9. The third-order valence-corrected chi connectivity index (χ3v) is 4.41. The molecule has 1 saturated carbocycles. The number of carbonyl (C=O) groups is 2. The molecule has 1 heterocycles. The predicted molar refractivity (Wildman–Crippen MR) is 75.9 cm³/mol. The van der Waals surface area contributed by atoms with Gasteiger partial charge in [-0.3, -0.25) is 9.59 Å². The second-order valence-electron chi connectivity index (χ2n) is 5.81. The number of rotatable bonds is 3. The Labute approximate surface area is 123 Å². The molecular weight excluding hydrogens is 270 g/mol. The molecule has 21 heavy (non-hydrogen) atoms. The van der Waals surface area contributed by atoms with Gasteiger partial charge in [-0.25, -0.2) is 0 Å². The summed E-state index contributed by atoms with van der Waals surface area (Å²) in [6, 6.07) is 7.55. The monoisotopic (exact) mass is 289 g/mol. The van der Waals surface area contributed by atoms with Crippen LogP contribution < -0.4 is 10.1 Å². The van der Waals surface area contributed by atoms with Gasteiger partial charge in [-0.2, -0.15) is 0 Å². The molecule has 112 valence electrons. The maximum Gasteiger partial charge on any atom is 0.306 e. The van der Waals surface area contributed by atoms with Crippen molar-refractivity contribution in [1.29, 1.82) is 0 Å². The fourth-order valence-electron chi connectivity index (χ4n) is 3.22. The number of fused-ring (bicyclic) bond motifs is 1. The molecule has 0 unspecified atom stereocenters. The summed E-state index contributed by atoms with van der Waals surface area (Å²) in [6.45, 7) is 0.445. The van der Waals surface area contributed by atoms with Gasteiger partial charge in [0.25, 0.3) is 0 Å². The maximum absolute atomic E-state index is 12.4. The van der Waals surface area contributed by atoms with Crippen LogP contribution in [0.1, 0.15) is 37.3 Å². The van der Waals surface area contributed by atoms with Crippen LogP contribution in [0.5, 0.6) is 5.75 Å². The number of hydrogen-bond donors (Lipinski definition) is 2. The van der Waals surface area contributed by atoms with Gasteiger partial charge in [-0.15, -0.1) is 0 Å². The van der Waals surface area contributed by atoms with Gasteiger partial charge in [0.15, 0.2) is 0 Å². The molecule has 5 heteroatoms. The van der Waals surface area contributed by atoms with Gasteiger partial charge in [0.2, 0.25) is 5.91 Å². The van der Waals surface area contributed by atoms with Crippen LogP contribution in [-0.2, 0) is 9.59 Å². The Bertz CT molecular complexity index is 557. The fraction of sp³-hybridized carbons (Fsp3) is 0.500. The zero-order chi connectivity index (χ0) is 14.8. The van der Waals surface area contributed by atoms with Crippen LogP contribution in [0.2, 0.25) is 0 Å². The summed E-state index contributed by atoms with van der Waals surface area (Å²) in [5.74, 6) is -0.614. The SMILES string of the molecule is O=C(O)[C@@H]1CCC[C@@H](C(=O)N[C@@H]2COc3ccccc32)C1. The summed E-state index contributed by atoms with van der Waals surface area (Å²) < 4.78 is 5.55. The molecular formula is C16H19NO4. The molecule has 0 aromatic heterocycles. The highest BCUT2D eigenvalue weighted by Gasteiger charge is 2.33. The standard InChI is InChI=1S/C16H19NO4/c18-15(10-4-3-5-11(8-10)16(19)20)17-13-9-21-14-7-2-1-6-12(13)14/h1-2,6-7,10-11,13H,3-5,8-9H2,(H,17,18)(H,19,20)/t10-,11-,13-/m1/s1. The first-order valence-corrected chi connectivity index (χ1v) is 7.40. The molecule has 0 spiro atoms. The third-order valence-electron chi connectivity index (χ3n) is 4.41. The van der Waals surface area contributed by atoms with E-state index < -0.39 is 5.97 Å². The molecule has 1 fully saturated rings. The van der Waals surface area contributed by atoms with Crippen LogP contribution in [0.4, 0.5) is 0 Å². The molecule has 2 aliphatic rings. The van der Waals surface area contributed by atoms with Crippen LogP contribution in [0.3, 0.4) is 0 Å². The topological polar surface area (TPSA) is 75.6 Å². The van der Waals surface area contributed by atoms with Crippen LogP contribution in [0, 0.1) is 11.8 Å². The van der Waals surface area contributed by atoms with E-state index in [1.165, 1.54) is 0 Å². The Morgan fingerprint density at radius 2 is 1.95 bits per heavy atom. The number of hydrogen-bond acceptors (Lipinski definition) is 3. The molecule has 5 nitrogen and oxygen atoms in total. The molecule has 1 aromatic rings. The van der Waals surface area contributed by atoms with E-state index in [4.69, 9.17) is 9.84 Å². The average Bonchev–Trinajstić information content (AvgIpc) is 2.91. The van der Waals surface area contributed by atoms with Gasteiger partial charge in [0.1, 0.15) is 12.4 Å². The minimum absolute atomic E-state index is 0.0498. The molecule has 2 N–H and O–H groups in total. The van der Waals surface area contributed by atoms with Crippen molar-refractivity contribution in [3.05, 3.63) is 29.8 Å². The van der Waals surface area contributed by atoms with Crippen molar-refractivity contribution < 1.29 is 19.4 Å². The largest absolute Gasteiger partial charge is 0.491 e. The smallest absolute Gasteiger partial charge is 0.306 e. The highest BCUT2D eigenvalue weighted by molar-refractivity contribution is 5.80. The molecule has 0 saturated heterocycles. The zero-order valence-corrected chi connectivity index (χ0v) is 11.7. The number of benzene rings is 1. The highest BCUT2D eigenvalue weighted by atomic mass is 16.5. The summed E-state index contributed by atoms with van der Waals surface area (Å²) in [5, 5.41) is 12.1. The maximum atomic E-state index is 12.4. The molecule has 0 radical (unpaired) electrons. The number of aliphatic carboxylic acids is 1. The molecule has 1 aromatic carbocycles. The first-order valence-electron chi connectivity index (χ1n) is 7.40. The summed E-state index contributed by atoms with van der Waals surface area (Å²) in [7, 11) is 0. The van der Waals surface area contributed by atoms with Crippen molar-refractivity contribution in [2.24, 2.45) is 11.8 Å². The summed E-state index contributed by atoms with van der Waals surface area (Å²) in [4.78, 5) is 23.5. The van der Waals surface area contributed by atoms with E-state index in [0.717, 1.165) is 24.2 Å². The lowest BCUT2D eigenvalue weighted by Crippen LogP contribution is -2.38. The quantitative estimate of drug-likeness (QED) is 0.893. The minimum atomic E-state index is -0.790. The molecule has 1 aliphatic carbocycles. The Morgan fingerprint density at radius 3 is 2.76 bits per heavy atom. The first-order chi connectivity index (χ1) is 10.1. The van der Waals surface area contributed by atoms with Crippen molar-refractivity contribution >= 4 is 11.9 Å². The van der Waals surface area contributed by atoms with E-state index in [9.17, 15) is 9.59 Å². The van der Waals surface area contributed by atoms with Gasteiger partial charge in [0.05, 0.1) is 12.0 Å². The number of para-hydroxylation sites is 1. The number of amides is 1. The lowest BCUT2D eigenvalue weighted by molar-refractivity contribution is -0.144. The molecule has 3 rings (SSSR count). The average molecular weight is 289 g/mol. The van der Waals surface area contributed by atoms with E-state index in [0.29, 0.717) is 19.4 Å². The van der Waals surface area contributed by atoms with E-state index in [1.54, 1.807) is 0 Å². The summed E-state index contributed by atoms with van der Waals surface area (Å²) >= 11 is 0. The molecule has 3 atom stereocenters. The zero-order valence-electron chi connectivity index (χ0n) is 11.7. The van der Waals surface area contributed by atoms with Gasteiger partial charge < -0.3 is 15.2 Å². The molecule has 1 amide bonds. The van der Waals surface area contributed by atoms with Crippen LogP contribution in [-0.4, -0.2) is 23.6 Å². The van der Waals surface area contributed by atoms with Crippen molar-refractivity contribution in [2.75, 3.05) is 6.61 Å². The van der Waals surface area contributed by atoms with E-state index in [1.807, 2.05) is 24.3 Å². The number of carbonyl (C=O) groups excluding carboxylic acids is 1. The van der Waals surface area contributed by atoms with Crippen molar-refractivity contribution in [1.82, 2.24) is 5.32 Å². The summed E-state index contributed by atoms with van der Waals surface area (Å²) in [5.41, 5.74) is 0.997. The number of carboxylic acids is 1. The lowest BCUT2D eigenvalue weighted by Gasteiger charge is -2.26. The fourth-order valence-corrected chi connectivity index (χ4v) is 3.22. The second kappa shape index (κ2) is 5.76. The van der Waals surface area contributed by atoms with E-state index >= 15 is 0 Å². The normalized spacial score (nSPS) is 27.5. The predicted octanol–water partition coefficient (Wildman–Crippen LogP) is 2.13. The van der Waals surface area contributed by atoms with Gasteiger partial charge in [-0.05, 0) is 25.3 Å². The summed E-state index contributed by atoms with van der Waals surface area (Å²) in [6.07, 6.45) is 2.68. The van der Waals surface area contributed by atoms with Crippen molar-refractivity contribution in [2.45, 2.75) is 31.7 Å². The third kappa shape index (κ3) is 2.86. The van der Waals surface area contributed by atoms with Gasteiger partial charge in [-0.1, -0.05) is 24.6 Å². The highest BCUT2D eigenvalue weighted by Crippen LogP contribution is 2.33. The molecule has 0 bridgehead atoms. The molecule has 1 aliphatic heterocycles. The minimum Gasteiger partial charge on any atom is -0.491 e. The van der Waals surface area contributed by atoms with Crippen LogP contribution in [0.25, 0.3) is 0 Å². The van der Waals surface area contributed by atoms with E-state index in [2.05, 4.69) is 5.32 Å². The number of ether oxygens (including phenoxy) is 1. The van der Waals surface area contributed by atoms with Crippen LogP contribution >= 0.6 is 0 Å². The Hall–Kier alpha value is -2.04. The number of nitrogens with one attached hydrogen (secondary N) is 1. The van der Waals surface area contributed by atoms with Crippen molar-refractivity contribution in [3.63, 3.8) is 0 Å². The lowest BCUT2D eigenvalue weighted by atomic mass is 9.81. The number of carboxylic acid groups (broad SMARTS) is 1. The Balaban J connectivity index is 1.63. The van der Waals surface area contributed by atoms with Gasteiger partial charge >= 0.3 is 5.97 Å². The second-order valence-corrected chi connectivity index (χ2v) is 5.81. The Morgan fingerprint density at radius 1 is 1.19 bits per heavy atom. The van der Waals surface area contributed by atoms with Crippen molar-refractivity contribution in [3.8, 4) is 5.75 Å². The van der Waals surface area contributed by atoms with E-state index in [-0.39, 0.29) is 23.8 Å². The van der Waals surface area contributed by atoms with Crippen LogP contribution in [0.15, 0.2) is 24.3 Å².